The largest absolute Gasteiger partial charge is 0.339 e. The maximum Gasteiger partial charge on any atom is 0.254 e. The van der Waals surface area contributed by atoms with Crippen molar-refractivity contribution < 1.29 is 13.2 Å². The Bertz CT molecular complexity index is 940. The molecule has 1 heterocycles. The second-order valence-electron chi connectivity index (χ2n) is 8.01. The van der Waals surface area contributed by atoms with Gasteiger partial charge >= 0.3 is 0 Å². The number of likely N-dealkylation sites (tertiary alicyclic amines) is 1. The Morgan fingerprint density at radius 1 is 1.04 bits per heavy atom. The number of carbonyl (C=O) groups is 1. The minimum atomic E-state index is -3.32. The Hall–Kier alpha value is -2.14. The number of aryl methyl sites for hydroxylation is 3. The summed E-state index contributed by atoms with van der Waals surface area (Å²) in [6.45, 7) is 5.43. The third kappa shape index (κ3) is 5.02. The fourth-order valence-corrected chi connectivity index (χ4v) is 4.43. The van der Waals surface area contributed by atoms with Crippen LogP contribution in [0.15, 0.2) is 47.4 Å². The van der Waals surface area contributed by atoms with Gasteiger partial charge in [0.25, 0.3) is 5.91 Å². The summed E-state index contributed by atoms with van der Waals surface area (Å²) >= 11 is 0. The molecule has 1 aliphatic rings. The lowest BCUT2D eigenvalue weighted by Gasteiger charge is -2.32. The summed E-state index contributed by atoms with van der Waals surface area (Å²) in [7, 11) is -3.32. The normalized spacial score (nSPS) is 15.6. The Balaban J connectivity index is 1.59. The van der Waals surface area contributed by atoms with Crippen LogP contribution in [0.2, 0.25) is 0 Å². The molecule has 0 aromatic heterocycles. The van der Waals surface area contributed by atoms with Gasteiger partial charge in [-0.05, 0) is 68.7 Å². The Labute approximate surface area is 168 Å². The summed E-state index contributed by atoms with van der Waals surface area (Å²) in [5.74, 6) is 0.578. The minimum Gasteiger partial charge on any atom is -0.339 e. The van der Waals surface area contributed by atoms with Gasteiger partial charge in [-0.15, -0.1) is 0 Å². The molecule has 1 amide bonds. The number of amides is 1. The lowest BCUT2D eigenvalue weighted by molar-refractivity contribution is 0.0686. The molecule has 0 unspecified atom stereocenters. The van der Waals surface area contributed by atoms with E-state index in [0.29, 0.717) is 11.5 Å². The van der Waals surface area contributed by atoms with Gasteiger partial charge in [-0.3, -0.25) is 4.79 Å². The zero-order valence-corrected chi connectivity index (χ0v) is 17.8. The molecule has 0 spiro atoms. The van der Waals surface area contributed by atoms with Crippen LogP contribution in [0.1, 0.15) is 46.3 Å². The van der Waals surface area contributed by atoms with Gasteiger partial charge in [0.2, 0.25) is 0 Å². The maximum atomic E-state index is 12.9. The van der Waals surface area contributed by atoms with Gasteiger partial charge in [0.1, 0.15) is 0 Å². The summed E-state index contributed by atoms with van der Waals surface area (Å²) in [6.07, 6.45) is 5.40. The first-order valence-corrected chi connectivity index (χ1v) is 11.8. The molecule has 0 saturated carbocycles. The minimum absolute atomic E-state index is 0.0556. The van der Waals surface area contributed by atoms with Gasteiger partial charge in [-0.2, -0.15) is 0 Å². The van der Waals surface area contributed by atoms with Crippen LogP contribution < -0.4 is 0 Å². The summed E-state index contributed by atoms with van der Waals surface area (Å²) in [5.41, 5.74) is 3.98. The van der Waals surface area contributed by atoms with Crippen LogP contribution in [-0.4, -0.2) is 38.6 Å². The Morgan fingerprint density at radius 2 is 1.68 bits per heavy atom. The predicted octanol–water partition coefficient (Wildman–Crippen LogP) is 4.19. The molecule has 0 aliphatic carbocycles. The van der Waals surface area contributed by atoms with E-state index in [0.717, 1.165) is 44.3 Å². The van der Waals surface area contributed by atoms with Crippen LogP contribution in [0.25, 0.3) is 0 Å². The zero-order chi connectivity index (χ0) is 20.3. The smallest absolute Gasteiger partial charge is 0.254 e. The molecule has 3 rings (SSSR count). The third-order valence-electron chi connectivity index (χ3n) is 5.73. The second kappa shape index (κ2) is 8.48. The van der Waals surface area contributed by atoms with Gasteiger partial charge in [0, 0.05) is 24.9 Å². The average Bonchev–Trinajstić information content (AvgIpc) is 2.67. The van der Waals surface area contributed by atoms with E-state index in [1.54, 1.807) is 12.1 Å². The fraction of sp³-hybridized carbons (Fsp3) is 0.435. The first-order valence-electron chi connectivity index (χ1n) is 9.89. The topological polar surface area (TPSA) is 54.5 Å². The fourth-order valence-electron chi connectivity index (χ4n) is 3.78. The second-order valence-corrected chi connectivity index (χ2v) is 10.0. The van der Waals surface area contributed by atoms with E-state index in [-0.39, 0.29) is 10.8 Å². The number of hydrogen-bond acceptors (Lipinski definition) is 3. The van der Waals surface area contributed by atoms with Crippen LogP contribution >= 0.6 is 0 Å². The average molecular weight is 400 g/mol. The molecule has 0 atom stereocenters. The van der Waals surface area contributed by atoms with Crippen molar-refractivity contribution >= 4 is 15.7 Å². The maximum absolute atomic E-state index is 12.9. The summed E-state index contributed by atoms with van der Waals surface area (Å²) in [5, 5.41) is 0. The molecule has 1 fully saturated rings. The molecule has 4 nitrogen and oxygen atoms in total. The van der Waals surface area contributed by atoms with Crippen LogP contribution in [0.3, 0.4) is 0 Å². The third-order valence-corrected chi connectivity index (χ3v) is 6.84. The molecule has 0 N–H and O–H groups in total. The van der Waals surface area contributed by atoms with Gasteiger partial charge < -0.3 is 4.90 Å². The Morgan fingerprint density at radius 3 is 2.29 bits per heavy atom. The first kappa shape index (κ1) is 20.6. The first-order chi connectivity index (χ1) is 13.2. The van der Waals surface area contributed by atoms with Crippen molar-refractivity contribution in [1.29, 1.82) is 0 Å². The number of benzene rings is 2. The number of rotatable bonds is 5. The molecule has 2 aromatic carbocycles. The molecule has 150 valence electrons. The van der Waals surface area contributed by atoms with Crippen molar-refractivity contribution in [2.75, 3.05) is 19.3 Å². The number of hydrogen-bond donors (Lipinski definition) is 0. The quantitative estimate of drug-likeness (QED) is 0.757. The number of piperidine rings is 1. The predicted molar refractivity (Wildman–Crippen MR) is 112 cm³/mol. The zero-order valence-electron chi connectivity index (χ0n) is 16.9. The van der Waals surface area contributed by atoms with Crippen molar-refractivity contribution in [2.45, 2.75) is 44.4 Å². The molecule has 0 bridgehead atoms. The molecule has 5 heteroatoms. The van der Waals surface area contributed by atoms with E-state index < -0.39 is 9.84 Å². The van der Waals surface area contributed by atoms with Crippen LogP contribution in [0.5, 0.6) is 0 Å². The van der Waals surface area contributed by atoms with E-state index in [2.05, 4.69) is 31.2 Å². The highest BCUT2D eigenvalue weighted by Gasteiger charge is 2.25. The van der Waals surface area contributed by atoms with Crippen molar-refractivity contribution in [1.82, 2.24) is 4.90 Å². The molecule has 1 aliphatic heterocycles. The molecule has 0 radical (unpaired) electrons. The number of sulfone groups is 1. The molecule has 1 saturated heterocycles. The molecular weight excluding hydrogens is 370 g/mol. The molecule has 28 heavy (non-hydrogen) atoms. The monoisotopic (exact) mass is 399 g/mol. The summed E-state index contributed by atoms with van der Waals surface area (Å²) in [4.78, 5) is 15.0. The van der Waals surface area contributed by atoms with Crippen molar-refractivity contribution in [3.05, 3.63) is 64.7 Å². The highest BCUT2D eigenvalue weighted by molar-refractivity contribution is 7.90. The van der Waals surface area contributed by atoms with Gasteiger partial charge in [0.15, 0.2) is 9.84 Å². The van der Waals surface area contributed by atoms with Crippen LogP contribution in [-0.2, 0) is 16.3 Å². The standard InChI is InChI=1S/C23H29NO3S/c1-17-4-7-19(8-5-17)9-10-20-12-14-24(15-13-20)23(25)22-16-21(28(3,26)27)11-6-18(22)2/h4-8,11,16,20H,9-10,12-15H2,1-3H3. The van der Waals surface area contributed by atoms with E-state index in [1.807, 2.05) is 11.8 Å². The van der Waals surface area contributed by atoms with Gasteiger partial charge in [-0.1, -0.05) is 35.9 Å². The molecular formula is C23H29NO3S. The van der Waals surface area contributed by atoms with E-state index >= 15 is 0 Å². The lowest BCUT2D eigenvalue weighted by atomic mass is 9.90. The van der Waals surface area contributed by atoms with Crippen molar-refractivity contribution in [2.24, 2.45) is 5.92 Å². The van der Waals surface area contributed by atoms with E-state index in [4.69, 9.17) is 0 Å². The SMILES string of the molecule is Cc1ccc(CCC2CCN(C(=O)c3cc(S(C)(=O)=O)ccc3C)CC2)cc1. The highest BCUT2D eigenvalue weighted by atomic mass is 32.2. The van der Waals surface area contributed by atoms with E-state index in [9.17, 15) is 13.2 Å². The Kier molecular flexibility index (Phi) is 6.23. The van der Waals surface area contributed by atoms with Gasteiger partial charge in [0.05, 0.1) is 4.90 Å². The van der Waals surface area contributed by atoms with Crippen molar-refractivity contribution in [3.63, 3.8) is 0 Å². The van der Waals surface area contributed by atoms with Crippen LogP contribution in [0.4, 0.5) is 0 Å². The molecule has 2 aromatic rings. The van der Waals surface area contributed by atoms with Crippen LogP contribution in [0, 0.1) is 19.8 Å². The lowest BCUT2D eigenvalue weighted by Crippen LogP contribution is -2.39. The van der Waals surface area contributed by atoms with Gasteiger partial charge in [-0.25, -0.2) is 8.42 Å². The highest BCUT2D eigenvalue weighted by Crippen LogP contribution is 2.25. The number of nitrogens with zero attached hydrogens (tertiary/aromatic N) is 1. The summed E-state index contributed by atoms with van der Waals surface area (Å²) < 4.78 is 23.6. The number of carbonyl (C=O) groups excluding carboxylic acids is 1. The summed E-state index contributed by atoms with van der Waals surface area (Å²) in [6, 6.07) is 13.5. The van der Waals surface area contributed by atoms with E-state index in [1.165, 1.54) is 23.4 Å². The van der Waals surface area contributed by atoms with Crippen molar-refractivity contribution in [3.8, 4) is 0 Å².